The summed E-state index contributed by atoms with van der Waals surface area (Å²) in [6.45, 7) is 5.61. The molecule has 0 unspecified atom stereocenters. The number of unbranched alkanes of at least 4 members (excludes halogenated alkanes) is 6. The van der Waals surface area contributed by atoms with E-state index in [-0.39, 0.29) is 126 Å². The van der Waals surface area contributed by atoms with Crippen molar-refractivity contribution in [3.63, 3.8) is 0 Å². The first kappa shape index (κ1) is 75.3. The second-order valence-electron chi connectivity index (χ2n) is 12.7. The molecule has 26 heteroatoms. The standard InChI is InChI=1S/C12H19F5O2.C12H19F3O3.C10H15F5O2.C2H6O.CH4O.H3N2O.Na/c1-2-19-10(18)6-9-11(13,14)7-4-3-5-8-12(15,16)17;1-2-18-11(17)8-7-10(16)6-4-3-5-9-12(13,14)15;11-9(12,7-4-8(16)17)5-2-1-3-6-10(13,14)15;1-2-3;1-2;1-2-3;/h2-9H2,1H3;2-9H2,1H3;1-7H2,(H,16,17);3H,2H2,1H3;2H,1H3;3H,1H2;/q;;;;;-1;+1. The summed E-state index contributed by atoms with van der Waals surface area (Å²) < 4.78 is 168. The van der Waals surface area contributed by atoms with Crippen LogP contribution in [0.15, 0.2) is 0 Å². The van der Waals surface area contributed by atoms with Gasteiger partial charge in [-0.25, -0.2) is 17.6 Å². The largest absolute Gasteiger partial charge is 1.00 e. The van der Waals surface area contributed by atoms with Gasteiger partial charge in [-0.05, 0) is 59.3 Å². The van der Waals surface area contributed by atoms with E-state index in [9.17, 15) is 76.3 Å². The monoisotopic (exact) mass is 968 g/mol. The number of carboxylic acids is 1. The van der Waals surface area contributed by atoms with Gasteiger partial charge in [0.25, 0.3) is 0 Å². The average Bonchev–Trinajstić information content (AvgIpc) is 3.13. The zero-order valence-corrected chi connectivity index (χ0v) is 38.6. The van der Waals surface area contributed by atoms with Crippen molar-refractivity contribution in [3.8, 4) is 0 Å². The second-order valence-corrected chi connectivity index (χ2v) is 12.7. The molecule has 0 spiro atoms. The van der Waals surface area contributed by atoms with E-state index in [1.165, 1.54) is 0 Å². The van der Waals surface area contributed by atoms with Gasteiger partial charge in [0.05, 0.1) is 32.5 Å². The van der Waals surface area contributed by atoms with Crippen LogP contribution in [0, 0.1) is 0 Å². The van der Waals surface area contributed by atoms with Crippen molar-refractivity contribution in [1.82, 2.24) is 0 Å². The number of Topliss-reactive ketones (excluding diaryl/α,β-unsaturated/α-hetero) is 1. The van der Waals surface area contributed by atoms with Gasteiger partial charge in [-0.1, -0.05) is 19.3 Å². The van der Waals surface area contributed by atoms with Gasteiger partial charge in [-0.15, -0.1) is 0 Å². The van der Waals surface area contributed by atoms with Crippen LogP contribution in [0.1, 0.15) is 156 Å². The van der Waals surface area contributed by atoms with E-state index in [0.29, 0.717) is 12.8 Å². The van der Waals surface area contributed by atoms with E-state index in [1.807, 2.05) is 5.59 Å². The van der Waals surface area contributed by atoms with Crippen molar-refractivity contribution in [2.75, 3.05) is 26.9 Å². The van der Waals surface area contributed by atoms with Gasteiger partial charge in [0, 0.05) is 71.5 Å². The Balaban J connectivity index is -0.000000136. The number of nitrogens with zero attached hydrogens (tertiary/aromatic N) is 1. The predicted octanol–water partition coefficient (Wildman–Crippen LogP) is 8.12. The molecule has 0 radical (unpaired) electrons. The molecule has 0 saturated carbocycles. The van der Waals surface area contributed by atoms with Gasteiger partial charge in [0.15, 0.2) is 0 Å². The maximum Gasteiger partial charge on any atom is 1.00 e. The van der Waals surface area contributed by atoms with Gasteiger partial charge in [0.1, 0.15) is 5.78 Å². The molecule has 12 nitrogen and oxygen atoms in total. The number of aliphatic carboxylic acids is 1. The summed E-state index contributed by atoms with van der Waals surface area (Å²) in [5.74, 6) is -4.60. The number of hydrogen-bond acceptors (Lipinski definition) is 10. The fraction of sp³-hybridized carbons (Fsp3) is 0.892. The summed E-state index contributed by atoms with van der Waals surface area (Å²) in [5.41, 5.74) is 2.00. The summed E-state index contributed by atoms with van der Waals surface area (Å²) in [4.78, 5) is 43.2. The Hall–Kier alpha value is -2.03. The molecule has 0 rings (SSSR count). The third-order valence-corrected chi connectivity index (χ3v) is 7.04. The van der Waals surface area contributed by atoms with Gasteiger partial charge in [-0.3, -0.25) is 19.2 Å². The summed E-state index contributed by atoms with van der Waals surface area (Å²) in [5, 5.41) is 29.8. The van der Waals surface area contributed by atoms with Crippen molar-refractivity contribution in [2.45, 2.75) is 186 Å². The van der Waals surface area contributed by atoms with E-state index in [4.69, 9.17) is 20.5 Å². The van der Waals surface area contributed by atoms with Crippen LogP contribution in [0.2, 0.25) is 0 Å². The van der Waals surface area contributed by atoms with Gasteiger partial charge in [-0.2, -0.15) is 39.5 Å². The zero-order valence-electron chi connectivity index (χ0n) is 36.6. The van der Waals surface area contributed by atoms with E-state index < -0.39 is 99.6 Å². The summed E-state index contributed by atoms with van der Waals surface area (Å²) in [7, 11) is 1.00. The molecule has 63 heavy (non-hydrogen) atoms. The van der Waals surface area contributed by atoms with Crippen molar-refractivity contribution < 1.29 is 136 Å². The van der Waals surface area contributed by atoms with Crippen LogP contribution in [0.25, 0.3) is 5.59 Å². The van der Waals surface area contributed by atoms with E-state index in [1.54, 1.807) is 20.8 Å². The minimum atomic E-state index is -4.24. The van der Waals surface area contributed by atoms with Crippen LogP contribution < -0.4 is 35.4 Å². The number of ether oxygens (including phenoxy) is 2. The molecule has 0 bridgehead atoms. The van der Waals surface area contributed by atoms with Crippen molar-refractivity contribution >= 4 is 23.7 Å². The van der Waals surface area contributed by atoms with Crippen molar-refractivity contribution in [3.05, 3.63) is 5.59 Å². The number of rotatable bonds is 26. The van der Waals surface area contributed by atoms with Crippen LogP contribution in [0.5, 0.6) is 0 Å². The molecule has 0 aliphatic carbocycles. The second kappa shape index (κ2) is 46.5. The minimum absolute atomic E-state index is 0. The number of aliphatic hydroxyl groups excluding tert-OH is 2. The Morgan fingerprint density at radius 2 is 0.778 bits per heavy atom. The molecule has 6 N–H and O–H groups in total. The number of hydrogen-bond donors (Lipinski definition) is 5. The maximum absolute atomic E-state index is 13.3. The Kier molecular flexibility index (Phi) is 55.6. The summed E-state index contributed by atoms with van der Waals surface area (Å²) in [6.07, 6.45) is -17.6. The number of esters is 2. The number of alkyl halides is 13. The molecule has 0 aliphatic rings. The molecule has 0 aromatic heterocycles. The minimum Gasteiger partial charge on any atom is -0.488 e. The molecule has 376 valence electrons. The smallest absolute Gasteiger partial charge is 0.488 e. The Morgan fingerprint density at radius 3 is 1.08 bits per heavy atom. The number of nitrogens with two attached hydrogens (primary N) is 1. The Morgan fingerprint density at radius 1 is 0.492 bits per heavy atom. The molecular weight excluding hydrogens is 902 g/mol. The topological polar surface area (TPSA) is 208 Å². The summed E-state index contributed by atoms with van der Waals surface area (Å²) in [6, 6.07) is 0. The third-order valence-electron chi connectivity index (χ3n) is 7.04. The van der Waals surface area contributed by atoms with Crippen LogP contribution in [0.3, 0.4) is 0 Å². The molecule has 0 aromatic carbocycles. The van der Waals surface area contributed by atoms with Crippen molar-refractivity contribution in [1.29, 1.82) is 0 Å². The molecule has 0 aromatic rings. The molecule has 0 atom stereocenters. The number of carbonyl (C=O) groups excluding carboxylic acids is 3. The number of halogens is 13. The average molecular weight is 969 g/mol. The number of carboxylic acid groups (broad SMARTS) is 1. The first-order valence-electron chi connectivity index (χ1n) is 19.6. The molecule has 0 aliphatic heterocycles. The normalized spacial score (nSPS) is 11.1. The molecule has 0 amide bonds. The predicted molar refractivity (Wildman–Crippen MR) is 201 cm³/mol. The SMILES string of the molecule is CCO.CCOC(=O)CCC(=O)CCCCCC(F)(F)F.CCOC(=O)CCC(F)(F)CCCCCC(F)(F)F.CO.N[N-]O.O=C(O)CCC(F)(F)CCCCCC(F)(F)F.[Na+]. The van der Waals surface area contributed by atoms with Crippen LogP contribution in [0.4, 0.5) is 57.1 Å². The van der Waals surface area contributed by atoms with Gasteiger partial charge in [0.2, 0.25) is 11.8 Å². The van der Waals surface area contributed by atoms with Crippen LogP contribution in [-0.2, 0) is 28.7 Å². The third kappa shape index (κ3) is 80.7. The molecular formula is C37H66F13N2NaO10. The number of carbonyl (C=O) groups is 4. The Labute approximate surface area is 382 Å². The maximum atomic E-state index is 13.3. The van der Waals surface area contributed by atoms with Gasteiger partial charge < -0.3 is 41.4 Å². The van der Waals surface area contributed by atoms with E-state index in [0.717, 1.165) is 7.11 Å². The quantitative estimate of drug-likeness (QED) is 0.0140. The number of aliphatic hydroxyl groups is 2. The fourth-order valence-electron chi connectivity index (χ4n) is 4.25. The van der Waals surface area contributed by atoms with E-state index in [2.05, 4.69) is 15.3 Å². The Bertz CT molecular complexity index is 1070. The first-order chi connectivity index (χ1) is 28.5. The van der Waals surface area contributed by atoms with Gasteiger partial charge >= 0.3 is 66.0 Å². The first-order valence-corrected chi connectivity index (χ1v) is 19.6. The number of ketones is 1. The molecule has 0 saturated heterocycles. The molecule has 0 heterocycles. The fourth-order valence-corrected chi connectivity index (χ4v) is 4.25. The van der Waals surface area contributed by atoms with Crippen LogP contribution in [-0.4, -0.2) is 102 Å². The van der Waals surface area contributed by atoms with E-state index >= 15 is 0 Å². The van der Waals surface area contributed by atoms with Crippen LogP contribution >= 0.6 is 0 Å². The molecule has 0 fully saturated rings. The summed E-state index contributed by atoms with van der Waals surface area (Å²) >= 11 is 0. The zero-order chi connectivity index (χ0) is 49.9. The van der Waals surface area contributed by atoms with Crippen molar-refractivity contribution in [2.24, 2.45) is 5.84 Å².